The fourth-order valence-electron chi connectivity index (χ4n) is 3.97. The first-order valence-electron chi connectivity index (χ1n) is 11.1. The molecule has 180 valence electrons. The number of amides is 2. The van der Waals surface area contributed by atoms with E-state index < -0.39 is 0 Å². The Balaban J connectivity index is 1.43. The highest BCUT2D eigenvalue weighted by Gasteiger charge is 2.18. The van der Waals surface area contributed by atoms with Crippen LogP contribution in [0.25, 0.3) is 16.7 Å². The molecule has 0 fully saturated rings. The molecule has 36 heavy (non-hydrogen) atoms. The molecule has 5 aromatic rings. The highest BCUT2D eigenvalue weighted by Crippen LogP contribution is 2.25. The van der Waals surface area contributed by atoms with Gasteiger partial charge in [0.2, 0.25) is 0 Å². The summed E-state index contributed by atoms with van der Waals surface area (Å²) in [4.78, 5) is 36.0. The number of anilines is 2. The topological polar surface area (TPSA) is 97.9 Å². The van der Waals surface area contributed by atoms with Gasteiger partial charge in [-0.1, -0.05) is 0 Å². The maximum atomic E-state index is 13.3. The van der Waals surface area contributed by atoms with E-state index >= 15 is 0 Å². The Morgan fingerprint density at radius 3 is 2.47 bits per heavy atom. The Kier molecular flexibility index (Phi) is 5.77. The van der Waals surface area contributed by atoms with Crippen molar-refractivity contribution in [2.24, 2.45) is 7.05 Å². The fourth-order valence-corrected chi connectivity index (χ4v) is 3.97. The number of imidazole rings is 1. The van der Waals surface area contributed by atoms with Crippen molar-refractivity contribution in [3.8, 4) is 5.69 Å². The molecule has 0 unspecified atom stereocenters. The summed E-state index contributed by atoms with van der Waals surface area (Å²) in [5.74, 6) is -0.516. The van der Waals surface area contributed by atoms with Crippen molar-refractivity contribution in [1.29, 1.82) is 0 Å². The van der Waals surface area contributed by atoms with Crippen LogP contribution in [0.15, 0.2) is 73.3 Å². The van der Waals surface area contributed by atoms with Gasteiger partial charge in [-0.05, 0) is 67.1 Å². The number of carbonyl (C=O) groups excluding carboxylic acids is 2. The molecule has 0 saturated heterocycles. The summed E-state index contributed by atoms with van der Waals surface area (Å²) in [6.07, 6.45) is 4.84. The lowest BCUT2D eigenvalue weighted by Gasteiger charge is -2.18. The number of aryl methyl sites for hydroxylation is 2. The first-order valence-corrected chi connectivity index (χ1v) is 11.1. The van der Waals surface area contributed by atoms with Crippen LogP contribution < -0.4 is 10.2 Å². The predicted molar refractivity (Wildman–Crippen MR) is 134 cm³/mol. The summed E-state index contributed by atoms with van der Waals surface area (Å²) >= 11 is 0. The Hall–Kier alpha value is -4.86. The number of nitrogens with zero attached hydrogens (tertiary/aromatic N) is 6. The number of hydrogen-bond acceptors (Lipinski definition) is 5. The van der Waals surface area contributed by atoms with E-state index in [0.29, 0.717) is 28.5 Å². The Bertz CT molecular complexity index is 1590. The highest BCUT2D eigenvalue weighted by atomic mass is 19.1. The molecule has 0 aliphatic carbocycles. The molecular weight excluding hydrogens is 461 g/mol. The van der Waals surface area contributed by atoms with Crippen LogP contribution >= 0.6 is 0 Å². The maximum absolute atomic E-state index is 13.3. The van der Waals surface area contributed by atoms with Crippen LogP contribution in [0.4, 0.5) is 15.9 Å². The van der Waals surface area contributed by atoms with Crippen LogP contribution in [-0.4, -0.2) is 43.2 Å². The zero-order valence-electron chi connectivity index (χ0n) is 19.8. The minimum atomic E-state index is -0.364. The predicted octanol–water partition coefficient (Wildman–Crippen LogP) is 4.13. The Morgan fingerprint density at radius 2 is 1.81 bits per heavy atom. The van der Waals surface area contributed by atoms with Gasteiger partial charge in [-0.25, -0.2) is 14.4 Å². The number of nitrogens with one attached hydrogen (secondary N) is 1. The van der Waals surface area contributed by atoms with Crippen molar-refractivity contribution in [3.63, 3.8) is 0 Å². The third-order valence-electron chi connectivity index (χ3n) is 5.93. The second kappa shape index (κ2) is 9.06. The van der Waals surface area contributed by atoms with Gasteiger partial charge in [0.15, 0.2) is 0 Å². The molecule has 5 rings (SSSR count). The standard InChI is InChI=1S/C26H22FN7O2/c1-16-12-17(26(36)32(2)19-6-4-18(27)5-7-19)13-22-24(16)29-15-34(22)20-8-9-23(28-14-20)31-25(35)21-10-11-30-33(21)3/h4-15H,1-3H3,(H,28,31,35). The van der Waals surface area contributed by atoms with Crippen molar-refractivity contribution in [2.45, 2.75) is 6.92 Å². The van der Waals surface area contributed by atoms with E-state index in [1.165, 1.54) is 21.7 Å². The Labute approximate surface area is 205 Å². The number of rotatable bonds is 5. The molecule has 2 amide bonds. The van der Waals surface area contributed by atoms with Crippen molar-refractivity contribution in [2.75, 3.05) is 17.3 Å². The fraction of sp³-hybridized carbons (Fsp3) is 0.115. The van der Waals surface area contributed by atoms with E-state index in [1.54, 1.807) is 75.3 Å². The smallest absolute Gasteiger partial charge is 0.275 e. The number of benzene rings is 2. The van der Waals surface area contributed by atoms with E-state index in [0.717, 1.165) is 16.6 Å². The lowest BCUT2D eigenvalue weighted by atomic mass is 10.1. The SMILES string of the molecule is Cc1cc(C(=O)N(C)c2ccc(F)cc2)cc2c1ncn2-c1ccc(NC(=O)c2ccnn2C)nc1. The normalized spacial score (nSPS) is 11.0. The Morgan fingerprint density at radius 1 is 1.03 bits per heavy atom. The van der Waals surface area contributed by atoms with Gasteiger partial charge in [0.05, 0.1) is 22.9 Å². The van der Waals surface area contributed by atoms with Gasteiger partial charge >= 0.3 is 0 Å². The molecular formula is C26H22FN7O2. The van der Waals surface area contributed by atoms with Gasteiger partial charge in [0.1, 0.15) is 23.7 Å². The number of aromatic nitrogens is 5. The van der Waals surface area contributed by atoms with Gasteiger partial charge in [-0.3, -0.25) is 18.8 Å². The zero-order chi connectivity index (χ0) is 25.4. The summed E-state index contributed by atoms with van der Waals surface area (Å²) < 4.78 is 16.6. The van der Waals surface area contributed by atoms with E-state index in [-0.39, 0.29) is 17.6 Å². The minimum absolute atomic E-state index is 0.231. The minimum Gasteiger partial charge on any atom is -0.311 e. The van der Waals surface area contributed by atoms with Gasteiger partial charge in [0.25, 0.3) is 11.8 Å². The van der Waals surface area contributed by atoms with Crippen LogP contribution in [0.1, 0.15) is 26.4 Å². The quantitative estimate of drug-likeness (QED) is 0.405. The largest absolute Gasteiger partial charge is 0.311 e. The first-order chi connectivity index (χ1) is 17.3. The summed E-state index contributed by atoms with van der Waals surface area (Å²) in [5.41, 5.74) is 4.52. The van der Waals surface area contributed by atoms with Crippen LogP contribution in [-0.2, 0) is 7.05 Å². The van der Waals surface area contributed by atoms with E-state index in [1.807, 2.05) is 11.5 Å². The average Bonchev–Trinajstić information content (AvgIpc) is 3.50. The van der Waals surface area contributed by atoms with Crippen LogP contribution in [0, 0.1) is 12.7 Å². The molecule has 9 nitrogen and oxygen atoms in total. The molecule has 2 aromatic carbocycles. The number of halogens is 1. The molecule has 10 heteroatoms. The van der Waals surface area contributed by atoms with E-state index in [9.17, 15) is 14.0 Å². The monoisotopic (exact) mass is 483 g/mol. The summed E-state index contributed by atoms with van der Waals surface area (Å²) in [5, 5.41) is 6.75. The van der Waals surface area contributed by atoms with Crippen LogP contribution in [0.3, 0.4) is 0 Å². The van der Waals surface area contributed by atoms with Gasteiger partial charge < -0.3 is 10.2 Å². The van der Waals surface area contributed by atoms with Crippen LogP contribution in [0.2, 0.25) is 0 Å². The molecule has 0 aliphatic rings. The van der Waals surface area contributed by atoms with Crippen molar-refractivity contribution < 1.29 is 14.0 Å². The molecule has 3 aromatic heterocycles. The maximum Gasteiger partial charge on any atom is 0.275 e. The van der Waals surface area contributed by atoms with Crippen molar-refractivity contribution in [3.05, 3.63) is 96.0 Å². The molecule has 3 heterocycles. The summed E-state index contributed by atoms with van der Waals surface area (Å²) in [6, 6.07) is 14.4. The molecule has 0 atom stereocenters. The average molecular weight is 484 g/mol. The number of fused-ring (bicyclic) bond motifs is 1. The molecule has 0 saturated carbocycles. The third kappa shape index (κ3) is 4.20. The van der Waals surface area contributed by atoms with Crippen molar-refractivity contribution in [1.82, 2.24) is 24.3 Å². The lowest BCUT2D eigenvalue weighted by Crippen LogP contribution is -2.26. The second-order valence-corrected chi connectivity index (χ2v) is 8.31. The molecule has 0 spiro atoms. The zero-order valence-corrected chi connectivity index (χ0v) is 19.8. The summed E-state index contributed by atoms with van der Waals surface area (Å²) in [7, 11) is 3.34. The highest BCUT2D eigenvalue weighted by molar-refractivity contribution is 6.07. The van der Waals surface area contributed by atoms with Crippen LogP contribution in [0.5, 0.6) is 0 Å². The third-order valence-corrected chi connectivity index (χ3v) is 5.93. The molecule has 0 bridgehead atoms. The number of carbonyl (C=O) groups is 2. The number of pyridine rings is 1. The van der Waals surface area contributed by atoms with Gasteiger partial charge in [0, 0.05) is 31.5 Å². The number of hydrogen-bond donors (Lipinski definition) is 1. The van der Waals surface area contributed by atoms with Gasteiger partial charge in [-0.2, -0.15) is 5.10 Å². The summed E-state index contributed by atoms with van der Waals surface area (Å²) in [6.45, 7) is 1.89. The second-order valence-electron chi connectivity index (χ2n) is 8.31. The van der Waals surface area contributed by atoms with Gasteiger partial charge in [-0.15, -0.1) is 0 Å². The van der Waals surface area contributed by atoms with E-state index in [4.69, 9.17) is 0 Å². The molecule has 0 radical (unpaired) electrons. The van der Waals surface area contributed by atoms with E-state index in [2.05, 4.69) is 20.4 Å². The first kappa shape index (κ1) is 22.9. The van der Waals surface area contributed by atoms with Crippen molar-refractivity contribution >= 4 is 34.4 Å². The molecule has 0 aliphatic heterocycles. The molecule has 1 N–H and O–H groups in total. The lowest BCUT2D eigenvalue weighted by molar-refractivity contribution is 0.0990.